The number of aromatic nitrogens is 2. The molecule has 0 N–H and O–H groups in total. The van der Waals surface area contributed by atoms with Crippen molar-refractivity contribution >= 4 is 32.3 Å². The Bertz CT molecular complexity index is 2910. The largest absolute Gasteiger partial charge is 0.228 e. The summed E-state index contributed by atoms with van der Waals surface area (Å²) in [5.74, 6) is 0.703. The maximum absolute atomic E-state index is 5.54. The molecule has 0 saturated heterocycles. The summed E-state index contributed by atoms with van der Waals surface area (Å²) >= 11 is 0. The SMILES string of the molecule is c1ccc(-c2cc(-c3ccccc3)cc(-c3cc(-c4ccccc4-c4ccccc4)nc(-c4c5ccccc5cc5c4ccc4ccccc45)n3)c2)cc1. The number of benzene rings is 9. The minimum absolute atomic E-state index is 0.703. The molecule has 2 nitrogen and oxygen atoms in total. The monoisotopic (exact) mass is 686 g/mol. The summed E-state index contributed by atoms with van der Waals surface area (Å²) in [6.45, 7) is 0. The third kappa shape index (κ3) is 5.71. The average Bonchev–Trinajstić information content (AvgIpc) is 3.26. The first-order valence-corrected chi connectivity index (χ1v) is 18.4. The molecule has 0 unspecified atom stereocenters. The molecule has 252 valence electrons. The van der Waals surface area contributed by atoms with Crippen molar-refractivity contribution in [3.8, 4) is 67.3 Å². The summed E-state index contributed by atoms with van der Waals surface area (Å²) in [4.78, 5) is 11.1. The maximum atomic E-state index is 5.54. The number of hydrogen-bond donors (Lipinski definition) is 0. The van der Waals surface area contributed by atoms with E-state index in [1.807, 2.05) is 0 Å². The van der Waals surface area contributed by atoms with Crippen molar-refractivity contribution in [1.29, 1.82) is 0 Å². The second-order valence-electron chi connectivity index (χ2n) is 13.8. The van der Waals surface area contributed by atoms with Crippen LogP contribution in [0.3, 0.4) is 0 Å². The molecular weight excluding hydrogens is 653 g/mol. The van der Waals surface area contributed by atoms with Gasteiger partial charge < -0.3 is 0 Å². The van der Waals surface area contributed by atoms with E-state index in [2.05, 4.69) is 206 Å². The van der Waals surface area contributed by atoms with Crippen LogP contribution in [0.15, 0.2) is 206 Å². The lowest BCUT2D eigenvalue weighted by atomic mass is 9.92. The van der Waals surface area contributed by atoms with Crippen LogP contribution in [0.1, 0.15) is 0 Å². The zero-order valence-corrected chi connectivity index (χ0v) is 29.5. The molecule has 0 amide bonds. The molecule has 10 rings (SSSR count). The van der Waals surface area contributed by atoms with Crippen LogP contribution in [0.2, 0.25) is 0 Å². The van der Waals surface area contributed by atoms with Gasteiger partial charge in [0.2, 0.25) is 0 Å². The summed E-state index contributed by atoms with van der Waals surface area (Å²) in [5, 5.41) is 7.05. The highest BCUT2D eigenvalue weighted by atomic mass is 14.9. The number of nitrogens with zero attached hydrogens (tertiary/aromatic N) is 2. The van der Waals surface area contributed by atoms with E-state index in [9.17, 15) is 0 Å². The van der Waals surface area contributed by atoms with Crippen LogP contribution in [-0.2, 0) is 0 Å². The summed E-state index contributed by atoms with van der Waals surface area (Å²) in [7, 11) is 0. The Morgan fingerprint density at radius 2 is 0.778 bits per heavy atom. The van der Waals surface area contributed by atoms with E-state index in [0.29, 0.717) is 5.82 Å². The molecule has 0 radical (unpaired) electrons. The lowest BCUT2D eigenvalue weighted by Crippen LogP contribution is -1.99. The molecular formula is C52H34N2. The topological polar surface area (TPSA) is 25.8 Å². The molecule has 1 aromatic heterocycles. The van der Waals surface area contributed by atoms with Gasteiger partial charge >= 0.3 is 0 Å². The third-order valence-electron chi connectivity index (χ3n) is 10.5. The molecule has 9 aromatic carbocycles. The standard InChI is InChI=1S/C52H34N2/c1-4-16-35(17-5-1)40-30-41(36-18-6-2-7-19-36)32-42(31-40)49-34-50(46-27-15-14-24-43(46)37-20-8-3-9-21-37)54-52(53-49)51-45-26-13-11-23-39(45)33-48-44-25-12-10-22-38(44)28-29-47(48)51/h1-34H. The van der Waals surface area contributed by atoms with Crippen LogP contribution in [0.5, 0.6) is 0 Å². The fraction of sp³-hybridized carbons (Fsp3) is 0. The van der Waals surface area contributed by atoms with Gasteiger partial charge in [-0.3, -0.25) is 0 Å². The molecule has 0 bridgehead atoms. The van der Waals surface area contributed by atoms with E-state index >= 15 is 0 Å². The Balaban J connectivity index is 1.30. The predicted molar refractivity (Wildman–Crippen MR) is 227 cm³/mol. The van der Waals surface area contributed by atoms with E-state index in [-0.39, 0.29) is 0 Å². The van der Waals surface area contributed by atoms with Gasteiger partial charge in [-0.05, 0) is 96.0 Å². The zero-order valence-electron chi connectivity index (χ0n) is 29.5. The third-order valence-corrected chi connectivity index (χ3v) is 10.5. The van der Waals surface area contributed by atoms with Gasteiger partial charge in [-0.2, -0.15) is 0 Å². The van der Waals surface area contributed by atoms with Crippen molar-refractivity contribution in [3.63, 3.8) is 0 Å². The van der Waals surface area contributed by atoms with Gasteiger partial charge in [-0.15, -0.1) is 0 Å². The van der Waals surface area contributed by atoms with Gasteiger partial charge in [0, 0.05) is 16.7 Å². The van der Waals surface area contributed by atoms with Crippen LogP contribution in [0.25, 0.3) is 99.6 Å². The molecule has 10 aromatic rings. The summed E-state index contributed by atoms with van der Waals surface area (Å²) in [5.41, 5.74) is 11.8. The average molecular weight is 687 g/mol. The number of hydrogen-bond acceptors (Lipinski definition) is 2. The molecule has 54 heavy (non-hydrogen) atoms. The Labute approximate surface area is 314 Å². The van der Waals surface area contributed by atoms with Gasteiger partial charge in [0.15, 0.2) is 5.82 Å². The zero-order chi connectivity index (χ0) is 35.8. The van der Waals surface area contributed by atoms with Crippen molar-refractivity contribution in [1.82, 2.24) is 9.97 Å². The Morgan fingerprint density at radius 1 is 0.259 bits per heavy atom. The molecule has 0 aliphatic heterocycles. The summed E-state index contributed by atoms with van der Waals surface area (Å²) in [6.07, 6.45) is 0. The highest BCUT2D eigenvalue weighted by Gasteiger charge is 2.19. The summed E-state index contributed by atoms with van der Waals surface area (Å²) < 4.78 is 0. The second kappa shape index (κ2) is 13.4. The Kier molecular flexibility index (Phi) is 7.85. The molecule has 0 atom stereocenters. The van der Waals surface area contributed by atoms with Crippen LogP contribution in [0.4, 0.5) is 0 Å². The first kappa shape index (κ1) is 31.6. The first-order valence-electron chi connectivity index (χ1n) is 18.4. The van der Waals surface area contributed by atoms with Crippen molar-refractivity contribution in [2.75, 3.05) is 0 Å². The molecule has 0 saturated carbocycles. The van der Waals surface area contributed by atoms with Crippen LogP contribution in [-0.4, -0.2) is 9.97 Å². The van der Waals surface area contributed by atoms with Gasteiger partial charge in [0.05, 0.1) is 11.4 Å². The first-order chi connectivity index (χ1) is 26.8. The van der Waals surface area contributed by atoms with Crippen LogP contribution in [0, 0.1) is 0 Å². The van der Waals surface area contributed by atoms with E-state index in [4.69, 9.17) is 9.97 Å². The van der Waals surface area contributed by atoms with E-state index in [1.54, 1.807) is 0 Å². The van der Waals surface area contributed by atoms with Crippen LogP contribution >= 0.6 is 0 Å². The quantitative estimate of drug-likeness (QED) is 0.129. The molecule has 0 spiro atoms. The van der Waals surface area contributed by atoms with Crippen molar-refractivity contribution in [2.24, 2.45) is 0 Å². The molecule has 2 heteroatoms. The Morgan fingerprint density at radius 3 is 1.46 bits per heavy atom. The molecule has 0 aliphatic rings. The molecule has 0 fully saturated rings. The molecule has 0 aliphatic carbocycles. The smallest absolute Gasteiger partial charge is 0.161 e. The normalized spacial score (nSPS) is 11.3. The summed E-state index contributed by atoms with van der Waals surface area (Å²) in [6, 6.07) is 73.4. The van der Waals surface area contributed by atoms with Crippen molar-refractivity contribution in [2.45, 2.75) is 0 Å². The lowest BCUT2D eigenvalue weighted by molar-refractivity contribution is 1.19. The minimum Gasteiger partial charge on any atom is -0.228 e. The fourth-order valence-corrected chi connectivity index (χ4v) is 7.85. The maximum Gasteiger partial charge on any atom is 0.161 e. The predicted octanol–water partition coefficient (Wildman–Crippen LogP) is 13.9. The highest BCUT2D eigenvalue weighted by molar-refractivity contribution is 6.19. The van der Waals surface area contributed by atoms with Gasteiger partial charge in [0.1, 0.15) is 0 Å². The van der Waals surface area contributed by atoms with E-state index in [0.717, 1.165) is 77.6 Å². The number of fused-ring (bicyclic) bond motifs is 4. The highest BCUT2D eigenvalue weighted by Crippen LogP contribution is 2.41. The van der Waals surface area contributed by atoms with Crippen molar-refractivity contribution in [3.05, 3.63) is 206 Å². The van der Waals surface area contributed by atoms with Gasteiger partial charge in [0.25, 0.3) is 0 Å². The van der Waals surface area contributed by atoms with E-state index in [1.165, 1.54) is 16.2 Å². The second-order valence-corrected chi connectivity index (χ2v) is 13.8. The number of rotatable bonds is 6. The lowest BCUT2D eigenvalue weighted by Gasteiger charge is -2.17. The Hall–Kier alpha value is -7.16. The van der Waals surface area contributed by atoms with Gasteiger partial charge in [-0.25, -0.2) is 9.97 Å². The van der Waals surface area contributed by atoms with Crippen molar-refractivity contribution < 1.29 is 0 Å². The van der Waals surface area contributed by atoms with Gasteiger partial charge in [-0.1, -0.05) is 176 Å². The molecule has 1 heterocycles. The van der Waals surface area contributed by atoms with Crippen LogP contribution < -0.4 is 0 Å². The fourth-order valence-electron chi connectivity index (χ4n) is 7.85. The van der Waals surface area contributed by atoms with E-state index < -0.39 is 0 Å². The minimum atomic E-state index is 0.703.